The topological polar surface area (TPSA) is 41.6 Å². The highest BCUT2D eigenvalue weighted by molar-refractivity contribution is 6.53. The first-order valence-electron chi connectivity index (χ1n) is 7.90. The molecule has 0 bridgehead atoms. The SMILES string of the molecule is CC1(C(=O)NC2CCN(CC3CCOC3)CC2)CC1(Cl)Cl. The number of likely N-dealkylation sites (tertiary alicyclic amines) is 1. The van der Waals surface area contributed by atoms with Crippen LogP contribution in [0.1, 0.15) is 32.6 Å². The summed E-state index contributed by atoms with van der Waals surface area (Å²) in [4.78, 5) is 14.8. The smallest absolute Gasteiger partial charge is 0.229 e. The van der Waals surface area contributed by atoms with E-state index >= 15 is 0 Å². The van der Waals surface area contributed by atoms with Gasteiger partial charge in [0.05, 0.1) is 12.0 Å². The number of amides is 1. The van der Waals surface area contributed by atoms with Gasteiger partial charge in [0.15, 0.2) is 0 Å². The Kier molecular flexibility index (Phi) is 4.44. The molecule has 2 atom stereocenters. The van der Waals surface area contributed by atoms with Crippen molar-refractivity contribution in [2.75, 3.05) is 32.8 Å². The summed E-state index contributed by atoms with van der Waals surface area (Å²) in [5, 5.41) is 3.13. The predicted molar refractivity (Wildman–Crippen MR) is 83.7 cm³/mol. The van der Waals surface area contributed by atoms with Crippen molar-refractivity contribution >= 4 is 29.1 Å². The van der Waals surface area contributed by atoms with Crippen LogP contribution in [-0.4, -0.2) is 54.0 Å². The second-order valence-corrected chi connectivity index (χ2v) is 8.48. The molecule has 3 fully saturated rings. The molecule has 3 rings (SSSR count). The number of piperidine rings is 1. The van der Waals surface area contributed by atoms with Gasteiger partial charge >= 0.3 is 0 Å². The number of hydrogen-bond acceptors (Lipinski definition) is 3. The van der Waals surface area contributed by atoms with E-state index in [1.165, 1.54) is 6.42 Å². The number of carbonyl (C=O) groups is 1. The zero-order chi connectivity index (χ0) is 15.1. The van der Waals surface area contributed by atoms with Crippen molar-refractivity contribution in [2.45, 2.75) is 43.0 Å². The number of ether oxygens (including phenoxy) is 1. The molecule has 1 N–H and O–H groups in total. The molecule has 1 aliphatic carbocycles. The summed E-state index contributed by atoms with van der Waals surface area (Å²) in [5.41, 5.74) is -0.603. The average molecular weight is 335 g/mol. The Labute approximate surface area is 136 Å². The number of halogens is 2. The van der Waals surface area contributed by atoms with Gasteiger partial charge in [0.2, 0.25) is 5.91 Å². The summed E-state index contributed by atoms with van der Waals surface area (Å²) in [6.07, 6.45) is 3.75. The number of nitrogens with zero attached hydrogens (tertiary/aromatic N) is 1. The quantitative estimate of drug-likeness (QED) is 0.801. The molecule has 2 aliphatic heterocycles. The molecule has 21 heavy (non-hydrogen) atoms. The first-order chi connectivity index (χ1) is 9.91. The van der Waals surface area contributed by atoms with E-state index in [9.17, 15) is 4.79 Å². The highest BCUT2D eigenvalue weighted by atomic mass is 35.5. The van der Waals surface area contributed by atoms with E-state index in [1.807, 2.05) is 6.92 Å². The lowest BCUT2D eigenvalue weighted by molar-refractivity contribution is -0.126. The van der Waals surface area contributed by atoms with Gasteiger partial charge in [0.1, 0.15) is 4.33 Å². The Balaban J connectivity index is 1.41. The maximum Gasteiger partial charge on any atom is 0.229 e. The summed E-state index contributed by atoms with van der Waals surface area (Å²) in [6, 6.07) is 0.259. The van der Waals surface area contributed by atoms with Crippen LogP contribution in [0, 0.1) is 11.3 Å². The number of alkyl halides is 2. The van der Waals surface area contributed by atoms with Crippen molar-refractivity contribution in [3.63, 3.8) is 0 Å². The third-order valence-corrected chi connectivity index (χ3v) is 6.32. The number of rotatable bonds is 4. The molecule has 3 aliphatic rings. The lowest BCUT2D eigenvalue weighted by atomic mass is 10.0. The molecule has 6 heteroatoms. The summed E-state index contributed by atoms with van der Waals surface area (Å²) in [6.45, 7) is 6.88. The van der Waals surface area contributed by atoms with Gasteiger partial charge in [0, 0.05) is 32.3 Å². The number of nitrogens with one attached hydrogen (secondary N) is 1. The molecule has 0 aromatic carbocycles. The van der Waals surface area contributed by atoms with Crippen molar-refractivity contribution in [3.8, 4) is 0 Å². The normalized spacial score (nSPS) is 36.6. The first-order valence-corrected chi connectivity index (χ1v) is 8.65. The second-order valence-electron chi connectivity index (χ2n) is 6.99. The fourth-order valence-electron chi connectivity index (χ4n) is 3.34. The van der Waals surface area contributed by atoms with E-state index in [0.717, 1.165) is 45.7 Å². The molecule has 0 radical (unpaired) electrons. The van der Waals surface area contributed by atoms with E-state index in [2.05, 4.69) is 10.2 Å². The summed E-state index contributed by atoms with van der Waals surface area (Å²) < 4.78 is 4.55. The Bertz CT molecular complexity index is 404. The predicted octanol–water partition coefficient (Wildman–Crippen LogP) is 2.19. The van der Waals surface area contributed by atoms with Crippen molar-refractivity contribution in [1.29, 1.82) is 0 Å². The second kappa shape index (κ2) is 5.88. The number of hydrogen-bond donors (Lipinski definition) is 1. The minimum atomic E-state index is -0.875. The van der Waals surface area contributed by atoms with E-state index < -0.39 is 9.75 Å². The maximum absolute atomic E-state index is 12.3. The van der Waals surface area contributed by atoms with Crippen LogP contribution in [0.25, 0.3) is 0 Å². The highest BCUT2D eigenvalue weighted by Crippen LogP contribution is 2.63. The zero-order valence-electron chi connectivity index (χ0n) is 12.5. The van der Waals surface area contributed by atoms with E-state index in [4.69, 9.17) is 27.9 Å². The molecular formula is C15H24Cl2N2O2. The lowest BCUT2D eigenvalue weighted by Gasteiger charge is -2.34. The first kappa shape index (κ1) is 15.9. The fourth-order valence-corrected chi connectivity index (χ4v) is 4.05. The minimum Gasteiger partial charge on any atom is -0.381 e. The van der Waals surface area contributed by atoms with Gasteiger partial charge in [-0.3, -0.25) is 4.79 Å². The van der Waals surface area contributed by atoms with E-state index in [1.54, 1.807) is 0 Å². The summed E-state index contributed by atoms with van der Waals surface area (Å²) in [5.74, 6) is 0.699. The maximum atomic E-state index is 12.3. The van der Waals surface area contributed by atoms with Gasteiger partial charge in [-0.05, 0) is 38.5 Å². The van der Waals surface area contributed by atoms with Crippen molar-refractivity contribution < 1.29 is 9.53 Å². The molecule has 0 spiro atoms. The van der Waals surface area contributed by atoms with Crippen molar-refractivity contribution in [1.82, 2.24) is 10.2 Å². The molecule has 120 valence electrons. The van der Waals surface area contributed by atoms with Gasteiger partial charge in [0.25, 0.3) is 0 Å². The molecule has 0 aromatic heterocycles. The Morgan fingerprint density at radius 2 is 2.00 bits per heavy atom. The highest BCUT2D eigenvalue weighted by Gasteiger charge is 2.68. The zero-order valence-corrected chi connectivity index (χ0v) is 14.1. The van der Waals surface area contributed by atoms with E-state index in [-0.39, 0.29) is 11.9 Å². The summed E-state index contributed by atoms with van der Waals surface area (Å²) >= 11 is 12.1. The third-order valence-electron chi connectivity index (χ3n) is 5.22. The van der Waals surface area contributed by atoms with Crippen LogP contribution >= 0.6 is 23.2 Å². The molecule has 1 saturated carbocycles. The van der Waals surface area contributed by atoms with E-state index in [0.29, 0.717) is 12.3 Å². The van der Waals surface area contributed by atoms with Crippen LogP contribution in [0.2, 0.25) is 0 Å². The molecular weight excluding hydrogens is 311 g/mol. The Morgan fingerprint density at radius 1 is 1.33 bits per heavy atom. The van der Waals surface area contributed by atoms with Crippen LogP contribution in [-0.2, 0) is 9.53 Å². The molecule has 1 amide bonds. The molecule has 0 aromatic rings. The monoisotopic (exact) mass is 334 g/mol. The fraction of sp³-hybridized carbons (Fsp3) is 0.933. The summed E-state index contributed by atoms with van der Waals surface area (Å²) in [7, 11) is 0. The van der Waals surface area contributed by atoms with Crippen LogP contribution < -0.4 is 5.32 Å². The minimum absolute atomic E-state index is 0.00939. The molecule has 2 saturated heterocycles. The van der Waals surface area contributed by atoms with Crippen LogP contribution in [0.15, 0.2) is 0 Å². The Morgan fingerprint density at radius 3 is 2.52 bits per heavy atom. The van der Waals surface area contributed by atoms with Crippen molar-refractivity contribution in [2.24, 2.45) is 11.3 Å². The van der Waals surface area contributed by atoms with Gasteiger partial charge in [-0.1, -0.05) is 0 Å². The van der Waals surface area contributed by atoms with Crippen LogP contribution in [0.5, 0.6) is 0 Å². The van der Waals surface area contributed by atoms with Gasteiger partial charge in [-0.25, -0.2) is 0 Å². The Hall–Kier alpha value is -0.0300. The standard InChI is InChI=1S/C15H24Cl2N2O2/c1-14(10-15(14,16)17)13(20)18-12-2-5-19(6-3-12)8-11-4-7-21-9-11/h11-12H,2-10H2,1H3,(H,18,20). The lowest BCUT2D eigenvalue weighted by Crippen LogP contribution is -2.48. The molecule has 2 unspecified atom stereocenters. The van der Waals surface area contributed by atoms with Gasteiger partial charge in [-0.2, -0.15) is 0 Å². The average Bonchev–Trinajstić information content (AvgIpc) is 2.81. The molecule has 2 heterocycles. The molecule has 4 nitrogen and oxygen atoms in total. The van der Waals surface area contributed by atoms with Gasteiger partial charge in [-0.15, -0.1) is 23.2 Å². The van der Waals surface area contributed by atoms with Gasteiger partial charge < -0.3 is 15.0 Å². The van der Waals surface area contributed by atoms with Crippen LogP contribution in [0.3, 0.4) is 0 Å². The van der Waals surface area contributed by atoms with Crippen molar-refractivity contribution in [3.05, 3.63) is 0 Å². The third kappa shape index (κ3) is 3.34. The number of carbonyl (C=O) groups excluding carboxylic acids is 1. The largest absolute Gasteiger partial charge is 0.381 e. The van der Waals surface area contributed by atoms with Crippen LogP contribution in [0.4, 0.5) is 0 Å².